The summed E-state index contributed by atoms with van der Waals surface area (Å²) in [5, 5.41) is 4.24. The SMILES string of the molecule is CCCn1ncnc1CC(CCc1ccccn1)NN. The van der Waals surface area contributed by atoms with E-state index in [1.165, 1.54) is 0 Å². The molecule has 0 spiro atoms. The van der Waals surface area contributed by atoms with Gasteiger partial charge in [-0.1, -0.05) is 13.0 Å². The van der Waals surface area contributed by atoms with Gasteiger partial charge in [0.1, 0.15) is 12.2 Å². The average molecular weight is 274 g/mol. The van der Waals surface area contributed by atoms with Gasteiger partial charge in [-0.3, -0.25) is 20.9 Å². The predicted octanol–water partition coefficient (Wildman–Crippen LogP) is 1.09. The lowest BCUT2D eigenvalue weighted by Gasteiger charge is -2.15. The van der Waals surface area contributed by atoms with Crippen molar-refractivity contribution < 1.29 is 0 Å². The van der Waals surface area contributed by atoms with E-state index in [1.54, 1.807) is 6.33 Å². The zero-order valence-electron chi connectivity index (χ0n) is 11.9. The fourth-order valence-corrected chi connectivity index (χ4v) is 2.18. The van der Waals surface area contributed by atoms with Crippen LogP contribution in [0.4, 0.5) is 0 Å². The Morgan fingerprint density at radius 1 is 1.35 bits per heavy atom. The molecule has 2 aromatic rings. The number of nitrogens with one attached hydrogen (secondary N) is 1. The number of pyridine rings is 1. The lowest BCUT2D eigenvalue weighted by atomic mass is 10.1. The molecule has 2 rings (SSSR count). The minimum atomic E-state index is 0.178. The number of hydrogen-bond donors (Lipinski definition) is 2. The Morgan fingerprint density at radius 2 is 2.25 bits per heavy atom. The lowest BCUT2D eigenvalue weighted by molar-refractivity contribution is 0.459. The van der Waals surface area contributed by atoms with Gasteiger partial charge in [-0.2, -0.15) is 5.10 Å². The van der Waals surface area contributed by atoms with Crippen molar-refractivity contribution in [3.63, 3.8) is 0 Å². The molecule has 6 heteroatoms. The molecular formula is C14H22N6. The van der Waals surface area contributed by atoms with Crippen molar-refractivity contribution in [3.05, 3.63) is 42.2 Å². The van der Waals surface area contributed by atoms with Crippen LogP contribution in [0.15, 0.2) is 30.7 Å². The Morgan fingerprint density at radius 3 is 2.95 bits per heavy atom. The first-order valence-electron chi connectivity index (χ1n) is 7.06. The van der Waals surface area contributed by atoms with Crippen LogP contribution in [0.5, 0.6) is 0 Å². The molecule has 0 fully saturated rings. The molecule has 0 saturated heterocycles. The number of nitrogens with zero attached hydrogens (tertiary/aromatic N) is 4. The molecule has 1 unspecified atom stereocenters. The zero-order chi connectivity index (χ0) is 14.2. The first-order chi connectivity index (χ1) is 9.83. The van der Waals surface area contributed by atoms with Crippen LogP contribution in [0, 0.1) is 0 Å². The van der Waals surface area contributed by atoms with E-state index in [0.29, 0.717) is 0 Å². The molecule has 6 nitrogen and oxygen atoms in total. The molecule has 2 heterocycles. The maximum atomic E-state index is 5.65. The molecule has 0 aliphatic rings. The van der Waals surface area contributed by atoms with E-state index in [-0.39, 0.29) is 6.04 Å². The molecule has 1 atom stereocenters. The molecule has 108 valence electrons. The summed E-state index contributed by atoms with van der Waals surface area (Å²) in [5.41, 5.74) is 3.96. The second-order valence-corrected chi connectivity index (χ2v) is 4.83. The maximum absolute atomic E-state index is 5.65. The normalized spacial score (nSPS) is 12.5. The number of hydrazine groups is 1. The van der Waals surface area contributed by atoms with Crippen LogP contribution in [-0.2, 0) is 19.4 Å². The molecule has 0 aliphatic carbocycles. The second kappa shape index (κ2) is 7.72. The fraction of sp³-hybridized carbons (Fsp3) is 0.500. The van der Waals surface area contributed by atoms with Crippen molar-refractivity contribution in [2.75, 3.05) is 0 Å². The van der Waals surface area contributed by atoms with Crippen LogP contribution in [-0.4, -0.2) is 25.8 Å². The molecule has 0 bridgehead atoms. The quantitative estimate of drug-likeness (QED) is 0.556. The van der Waals surface area contributed by atoms with E-state index in [2.05, 4.69) is 27.4 Å². The largest absolute Gasteiger partial charge is 0.271 e. The van der Waals surface area contributed by atoms with Crippen LogP contribution >= 0.6 is 0 Å². The number of rotatable bonds is 8. The van der Waals surface area contributed by atoms with Gasteiger partial charge in [0.2, 0.25) is 0 Å². The molecule has 0 aliphatic heterocycles. The summed E-state index contributed by atoms with van der Waals surface area (Å²) in [6.07, 6.45) is 7.08. The minimum Gasteiger partial charge on any atom is -0.271 e. The third-order valence-corrected chi connectivity index (χ3v) is 3.27. The Hall–Kier alpha value is -1.79. The van der Waals surface area contributed by atoms with E-state index in [0.717, 1.165) is 43.7 Å². The molecule has 0 amide bonds. The zero-order valence-corrected chi connectivity index (χ0v) is 11.9. The summed E-state index contributed by atoms with van der Waals surface area (Å²) in [4.78, 5) is 8.65. The van der Waals surface area contributed by atoms with Crippen molar-refractivity contribution in [3.8, 4) is 0 Å². The summed E-state index contributed by atoms with van der Waals surface area (Å²) in [7, 11) is 0. The van der Waals surface area contributed by atoms with Gasteiger partial charge in [0.25, 0.3) is 0 Å². The summed E-state index contributed by atoms with van der Waals surface area (Å²) in [6, 6.07) is 6.14. The van der Waals surface area contributed by atoms with E-state index in [1.807, 2.05) is 29.1 Å². The summed E-state index contributed by atoms with van der Waals surface area (Å²) >= 11 is 0. The summed E-state index contributed by atoms with van der Waals surface area (Å²) in [6.45, 7) is 3.03. The monoisotopic (exact) mass is 274 g/mol. The van der Waals surface area contributed by atoms with Gasteiger partial charge < -0.3 is 0 Å². The molecule has 20 heavy (non-hydrogen) atoms. The number of aryl methyl sites for hydroxylation is 2. The standard InChI is InChI=1S/C14H22N6/c1-2-9-20-14(17-11-18-20)10-13(19-15)7-6-12-5-3-4-8-16-12/h3-5,8,11,13,19H,2,6-7,9-10,15H2,1H3. The molecule has 3 N–H and O–H groups in total. The van der Waals surface area contributed by atoms with Gasteiger partial charge in [0, 0.05) is 30.9 Å². The van der Waals surface area contributed by atoms with Gasteiger partial charge in [-0.05, 0) is 31.4 Å². The highest BCUT2D eigenvalue weighted by molar-refractivity contribution is 5.04. The topological polar surface area (TPSA) is 81.7 Å². The molecule has 2 aromatic heterocycles. The number of nitrogens with two attached hydrogens (primary N) is 1. The second-order valence-electron chi connectivity index (χ2n) is 4.83. The van der Waals surface area contributed by atoms with Gasteiger partial charge in [0.15, 0.2) is 0 Å². The van der Waals surface area contributed by atoms with Gasteiger partial charge in [-0.15, -0.1) is 0 Å². The van der Waals surface area contributed by atoms with Crippen molar-refractivity contribution in [2.24, 2.45) is 5.84 Å². The minimum absolute atomic E-state index is 0.178. The van der Waals surface area contributed by atoms with Crippen LogP contribution in [0.1, 0.15) is 31.3 Å². The highest BCUT2D eigenvalue weighted by Gasteiger charge is 2.12. The third-order valence-electron chi connectivity index (χ3n) is 3.27. The average Bonchev–Trinajstić information content (AvgIpc) is 2.92. The first-order valence-corrected chi connectivity index (χ1v) is 7.06. The summed E-state index contributed by atoms with van der Waals surface area (Å²) in [5.74, 6) is 6.63. The number of aromatic nitrogens is 4. The van der Waals surface area contributed by atoms with E-state index < -0.39 is 0 Å². The summed E-state index contributed by atoms with van der Waals surface area (Å²) < 4.78 is 1.95. The van der Waals surface area contributed by atoms with E-state index in [4.69, 9.17) is 5.84 Å². The molecular weight excluding hydrogens is 252 g/mol. The smallest absolute Gasteiger partial charge is 0.138 e. The van der Waals surface area contributed by atoms with Crippen LogP contribution in [0.25, 0.3) is 0 Å². The predicted molar refractivity (Wildman–Crippen MR) is 77.7 cm³/mol. The highest BCUT2D eigenvalue weighted by atomic mass is 15.3. The fourth-order valence-electron chi connectivity index (χ4n) is 2.18. The Balaban J connectivity index is 1.90. The Labute approximate surface area is 119 Å². The van der Waals surface area contributed by atoms with Gasteiger partial charge in [0.05, 0.1) is 0 Å². The lowest BCUT2D eigenvalue weighted by Crippen LogP contribution is -2.38. The van der Waals surface area contributed by atoms with Crippen molar-refractivity contribution >= 4 is 0 Å². The molecule has 0 aromatic carbocycles. The molecule has 0 saturated carbocycles. The van der Waals surface area contributed by atoms with Crippen LogP contribution in [0.3, 0.4) is 0 Å². The van der Waals surface area contributed by atoms with Gasteiger partial charge in [-0.25, -0.2) is 4.98 Å². The first kappa shape index (κ1) is 14.6. The highest BCUT2D eigenvalue weighted by Crippen LogP contribution is 2.07. The van der Waals surface area contributed by atoms with Crippen molar-refractivity contribution in [2.45, 2.75) is 45.2 Å². The van der Waals surface area contributed by atoms with Crippen molar-refractivity contribution in [1.82, 2.24) is 25.2 Å². The molecule has 0 radical (unpaired) electrons. The Kier molecular flexibility index (Phi) is 5.64. The third kappa shape index (κ3) is 4.11. The van der Waals surface area contributed by atoms with Crippen LogP contribution < -0.4 is 11.3 Å². The maximum Gasteiger partial charge on any atom is 0.138 e. The van der Waals surface area contributed by atoms with Crippen LogP contribution in [0.2, 0.25) is 0 Å². The Bertz CT molecular complexity index is 495. The van der Waals surface area contributed by atoms with E-state index >= 15 is 0 Å². The van der Waals surface area contributed by atoms with Crippen molar-refractivity contribution in [1.29, 1.82) is 0 Å². The van der Waals surface area contributed by atoms with E-state index in [9.17, 15) is 0 Å². The number of hydrogen-bond acceptors (Lipinski definition) is 5. The van der Waals surface area contributed by atoms with Gasteiger partial charge >= 0.3 is 0 Å².